The van der Waals surface area contributed by atoms with E-state index in [2.05, 4.69) is 188 Å². The van der Waals surface area contributed by atoms with Crippen molar-refractivity contribution in [2.45, 2.75) is 0 Å². The summed E-state index contributed by atoms with van der Waals surface area (Å²) in [5.41, 5.74) is 10.7. The van der Waals surface area contributed by atoms with Crippen LogP contribution in [0, 0.1) is 0 Å². The minimum absolute atomic E-state index is 0.745. The van der Waals surface area contributed by atoms with Gasteiger partial charge in [0, 0.05) is 11.1 Å². The van der Waals surface area contributed by atoms with Gasteiger partial charge < -0.3 is 0 Å². The van der Waals surface area contributed by atoms with E-state index >= 15 is 0 Å². The van der Waals surface area contributed by atoms with Gasteiger partial charge in [-0.05, 0) is 149 Å². The van der Waals surface area contributed by atoms with Crippen molar-refractivity contribution < 1.29 is 0 Å². The van der Waals surface area contributed by atoms with Gasteiger partial charge >= 0.3 is 0 Å². The standard InChI is InChI=1S/C58H39N3/c1-3-38-28-33-55(59-53(38)4-2)61(56-34-29-42-15-9-12-20-54(42)60-56)48-30-25-41(26-31-48)45-27-32-51-52(37-45)58(47-24-22-40-14-6-8-17-44(40)36-47)50-19-11-10-18-49(50)57(51)46-23-21-39-13-5-7-16-43(39)35-46/h3-37H,1-2H2. The maximum atomic E-state index is 5.11. The number of anilines is 3. The van der Waals surface area contributed by atoms with Gasteiger partial charge in [-0.15, -0.1) is 0 Å². The van der Waals surface area contributed by atoms with Crippen LogP contribution in [-0.2, 0) is 0 Å². The van der Waals surface area contributed by atoms with E-state index in [1.54, 1.807) is 6.08 Å². The third-order valence-corrected chi connectivity index (χ3v) is 12.0. The molecule has 0 radical (unpaired) electrons. The number of hydrogen-bond acceptors (Lipinski definition) is 3. The van der Waals surface area contributed by atoms with E-state index in [1.807, 2.05) is 36.4 Å². The molecule has 0 unspecified atom stereocenters. The Morgan fingerprint density at radius 3 is 1.52 bits per heavy atom. The molecule has 2 aromatic heterocycles. The first kappa shape index (κ1) is 36.0. The highest BCUT2D eigenvalue weighted by molar-refractivity contribution is 6.22. The molecule has 286 valence electrons. The molecule has 3 heteroatoms. The fourth-order valence-corrected chi connectivity index (χ4v) is 8.97. The Hall–Kier alpha value is -8.14. The number of benzene rings is 9. The van der Waals surface area contributed by atoms with Gasteiger partial charge in [-0.1, -0.05) is 159 Å². The van der Waals surface area contributed by atoms with Crippen LogP contribution in [0.25, 0.3) is 99.5 Å². The molecule has 0 saturated carbocycles. The summed E-state index contributed by atoms with van der Waals surface area (Å²) >= 11 is 0. The van der Waals surface area contributed by atoms with E-state index in [-0.39, 0.29) is 0 Å². The molecule has 0 atom stereocenters. The molecule has 0 bridgehead atoms. The molecule has 0 aliphatic heterocycles. The van der Waals surface area contributed by atoms with Crippen LogP contribution < -0.4 is 4.90 Å². The summed E-state index contributed by atoms with van der Waals surface area (Å²) in [5.74, 6) is 1.52. The van der Waals surface area contributed by atoms with Crippen LogP contribution in [0.4, 0.5) is 17.3 Å². The average molecular weight is 778 g/mol. The quantitative estimate of drug-likeness (QED) is 0.144. The molecule has 3 nitrogen and oxygen atoms in total. The lowest BCUT2D eigenvalue weighted by Gasteiger charge is -2.24. The number of fused-ring (bicyclic) bond motifs is 5. The fraction of sp³-hybridized carbons (Fsp3) is 0. The summed E-state index contributed by atoms with van der Waals surface area (Å²) < 4.78 is 0. The topological polar surface area (TPSA) is 29.0 Å². The molecule has 61 heavy (non-hydrogen) atoms. The Kier molecular flexibility index (Phi) is 8.79. The number of nitrogens with zero attached hydrogens (tertiary/aromatic N) is 3. The lowest BCUT2D eigenvalue weighted by atomic mass is 9.84. The van der Waals surface area contributed by atoms with Gasteiger partial charge in [-0.25, -0.2) is 9.97 Å². The molecule has 0 saturated heterocycles. The van der Waals surface area contributed by atoms with Gasteiger partial charge in [0.15, 0.2) is 0 Å². The first-order chi connectivity index (χ1) is 30.1. The van der Waals surface area contributed by atoms with Gasteiger partial charge in [0.05, 0.1) is 11.2 Å². The van der Waals surface area contributed by atoms with Crippen LogP contribution in [0.15, 0.2) is 213 Å². The van der Waals surface area contributed by atoms with E-state index in [0.717, 1.165) is 50.6 Å². The smallest absolute Gasteiger partial charge is 0.139 e. The second-order valence-electron chi connectivity index (χ2n) is 15.5. The maximum Gasteiger partial charge on any atom is 0.139 e. The third-order valence-electron chi connectivity index (χ3n) is 12.0. The largest absolute Gasteiger partial charge is 0.279 e. The van der Waals surface area contributed by atoms with Crippen molar-refractivity contribution in [2.24, 2.45) is 0 Å². The van der Waals surface area contributed by atoms with Crippen molar-refractivity contribution in [3.63, 3.8) is 0 Å². The Bertz CT molecular complexity index is 3530. The minimum Gasteiger partial charge on any atom is -0.279 e. The van der Waals surface area contributed by atoms with Gasteiger partial charge in [0.1, 0.15) is 11.6 Å². The molecule has 9 aromatic carbocycles. The Balaban J connectivity index is 1.10. The van der Waals surface area contributed by atoms with Crippen molar-refractivity contribution in [1.29, 1.82) is 0 Å². The highest BCUT2D eigenvalue weighted by Crippen LogP contribution is 2.46. The number of pyridine rings is 2. The van der Waals surface area contributed by atoms with Crippen LogP contribution in [0.3, 0.4) is 0 Å². The summed E-state index contributed by atoms with van der Waals surface area (Å²) in [5, 5.41) is 10.9. The van der Waals surface area contributed by atoms with Gasteiger partial charge in [-0.2, -0.15) is 0 Å². The molecular formula is C58H39N3. The van der Waals surface area contributed by atoms with Gasteiger partial charge in [-0.3, -0.25) is 4.90 Å². The SMILES string of the molecule is C=Cc1ccc(N(c2ccc(-c3ccc4c(-c5ccc6ccccc6c5)c5ccccc5c(-c5ccc6ccccc6c5)c4c3)cc2)c2ccc3ccccc3n2)nc1C=C. The predicted molar refractivity (Wildman–Crippen MR) is 261 cm³/mol. The van der Waals surface area contributed by atoms with Crippen molar-refractivity contribution in [2.75, 3.05) is 4.90 Å². The Morgan fingerprint density at radius 1 is 0.361 bits per heavy atom. The molecule has 0 aliphatic rings. The molecule has 0 amide bonds. The average Bonchev–Trinajstić information content (AvgIpc) is 3.33. The predicted octanol–water partition coefficient (Wildman–Crippen LogP) is 16.0. The van der Waals surface area contributed by atoms with Crippen molar-refractivity contribution >= 4 is 83.5 Å². The first-order valence-corrected chi connectivity index (χ1v) is 20.6. The van der Waals surface area contributed by atoms with E-state index in [1.165, 1.54) is 65.3 Å². The van der Waals surface area contributed by atoms with Crippen LogP contribution in [0.2, 0.25) is 0 Å². The fourth-order valence-electron chi connectivity index (χ4n) is 8.97. The molecule has 11 aromatic rings. The van der Waals surface area contributed by atoms with E-state index < -0.39 is 0 Å². The summed E-state index contributed by atoms with van der Waals surface area (Å²) in [7, 11) is 0. The summed E-state index contributed by atoms with van der Waals surface area (Å²) in [4.78, 5) is 12.3. The van der Waals surface area contributed by atoms with E-state index in [4.69, 9.17) is 9.97 Å². The molecular weight excluding hydrogens is 739 g/mol. The van der Waals surface area contributed by atoms with Gasteiger partial charge in [0.25, 0.3) is 0 Å². The zero-order chi connectivity index (χ0) is 40.9. The van der Waals surface area contributed by atoms with Crippen molar-refractivity contribution in [1.82, 2.24) is 9.97 Å². The first-order valence-electron chi connectivity index (χ1n) is 20.6. The van der Waals surface area contributed by atoms with Crippen molar-refractivity contribution in [3.8, 4) is 33.4 Å². The molecule has 0 fully saturated rings. The lowest BCUT2D eigenvalue weighted by molar-refractivity contribution is 1.13. The molecule has 11 rings (SSSR count). The number of rotatable bonds is 8. The number of para-hydroxylation sites is 1. The minimum atomic E-state index is 0.745. The highest BCUT2D eigenvalue weighted by Gasteiger charge is 2.20. The van der Waals surface area contributed by atoms with Crippen LogP contribution >= 0.6 is 0 Å². The van der Waals surface area contributed by atoms with Crippen LogP contribution in [-0.4, -0.2) is 9.97 Å². The summed E-state index contributed by atoms with van der Waals surface area (Å²) in [6.07, 6.45) is 3.58. The molecule has 0 spiro atoms. The molecule has 0 N–H and O–H groups in total. The number of aromatic nitrogens is 2. The second-order valence-corrected chi connectivity index (χ2v) is 15.5. The third kappa shape index (κ3) is 6.32. The van der Waals surface area contributed by atoms with Gasteiger partial charge in [0.2, 0.25) is 0 Å². The highest BCUT2D eigenvalue weighted by atomic mass is 15.2. The zero-order valence-electron chi connectivity index (χ0n) is 33.5. The molecule has 0 aliphatic carbocycles. The normalized spacial score (nSPS) is 11.4. The van der Waals surface area contributed by atoms with Crippen molar-refractivity contribution in [3.05, 3.63) is 225 Å². The van der Waals surface area contributed by atoms with Crippen LogP contribution in [0.1, 0.15) is 11.3 Å². The zero-order valence-corrected chi connectivity index (χ0v) is 33.5. The second kappa shape index (κ2) is 14.9. The van der Waals surface area contributed by atoms with E-state index in [9.17, 15) is 0 Å². The lowest BCUT2D eigenvalue weighted by Crippen LogP contribution is -2.13. The monoisotopic (exact) mass is 777 g/mol. The van der Waals surface area contributed by atoms with Crippen LogP contribution in [0.5, 0.6) is 0 Å². The Morgan fingerprint density at radius 2 is 0.869 bits per heavy atom. The number of hydrogen-bond donors (Lipinski definition) is 0. The van der Waals surface area contributed by atoms with E-state index in [0.29, 0.717) is 0 Å². The molecule has 2 heterocycles. The summed E-state index contributed by atoms with van der Waals surface area (Å²) in [6.45, 7) is 8.03. The maximum absolute atomic E-state index is 5.11. The Labute approximate surface area is 354 Å². The summed E-state index contributed by atoms with van der Waals surface area (Å²) in [6, 6.07) is 72.0.